The molecule has 4 atom stereocenters. The van der Waals surface area contributed by atoms with Gasteiger partial charge in [-0.1, -0.05) is 84.9 Å². The van der Waals surface area contributed by atoms with Crippen LogP contribution in [0.5, 0.6) is 0 Å². The molecule has 1 aliphatic heterocycles. The van der Waals surface area contributed by atoms with E-state index < -0.39 is 42.5 Å². The van der Waals surface area contributed by atoms with E-state index in [0.29, 0.717) is 5.56 Å². The maximum Gasteiger partial charge on any atom is 0.338 e. The van der Waals surface area contributed by atoms with Crippen LogP contribution >= 0.6 is 0 Å². The van der Waals surface area contributed by atoms with Gasteiger partial charge < -0.3 is 23.7 Å². The minimum absolute atomic E-state index is 0.138. The lowest BCUT2D eigenvalue weighted by atomic mass is 10.0. The van der Waals surface area contributed by atoms with Crippen LogP contribution in [0.1, 0.15) is 36.6 Å². The molecule has 5 rings (SSSR count). The maximum atomic E-state index is 13.2. The largest absolute Gasteiger partial charge is 0.452 e. The summed E-state index contributed by atoms with van der Waals surface area (Å²) in [7, 11) is 0. The molecule has 0 spiro atoms. The van der Waals surface area contributed by atoms with Crippen molar-refractivity contribution in [1.82, 2.24) is 0 Å². The van der Waals surface area contributed by atoms with E-state index in [1.54, 1.807) is 91.0 Å². The lowest BCUT2D eigenvalue weighted by Gasteiger charge is -2.40. The molecule has 1 aliphatic rings. The van der Waals surface area contributed by atoms with Gasteiger partial charge in [0.05, 0.1) is 29.9 Å². The highest BCUT2D eigenvalue weighted by atomic mass is 16.7. The number of hydrogen-bond acceptors (Lipinski definition) is 8. The van der Waals surface area contributed by atoms with Crippen molar-refractivity contribution in [1.29, 1.82) is 0 Å². The van der Waals surface area contributed by atoms with Crippen molar-refractivity contribution in [3.8, 4) is 0 Å². The second kappa shape index (κ2) is 13.5. The minimum Gasteiger partial charge on any atom is -0.452 e. The first kappa shape index (κ1) is 27.8. The zero-order chi connectivity index (χ0) is 28.4. The average molecular weight is 553 g/mol. The normalized spacial score (nSPS) is 20.0. The van der Waals surface area contributed by atoms with Crippen LogP contribution < -0.4 is 0 Å². The van der Waals surface area contributed by atoms with E-state index in [1.165, 1.54) is 0 Å². The van der Waals surface area contributed by atoms with Crippen molar-refractivity contribution < 1.29 is 38.1 Å². The standard InChI is InChI=1S/C33H28O8/c34-30(24-15-7-2-8-16-24)39-27-22-38-33(37-21-23-13-5-1-6-14-23)29(41-32(36)26-19-11-4-12-20-26)28(27)40-31(35)25-17-9-3-10-18-25/h1-20,27-29,33H,21-22H2. The summed E-state index contributed by atoms with van der Waals surface area (Å²) in [6.45, 7) is -0.0249. The predicted molar refractivity (Wildman–Crippen MR) is 148 cm³/mol. The molecule has 4 aromatic rings. The highest BCUT2D eigenvalue weighted by Crippen LogP contribution is 2.28. The van der Waals surface area contributed by atoms with Gasteiger partial charge in [-0.15, -0.1) is 0 Å². The van der Waals surface area contributed by atoms with Crippen molar-refractivity contribution in [3.63, 3.8) is 0 Å². The van der Waals surface area contributed by atoms with Gasteiger partial charge in [-0.25, -0.2) is 14.4 Å². The number of benzene rings is 4. The Morgan fingerprint density at radius 2 is 0.976 bits per heavy atom. The molecule has 0 bridgehead atoms. The molecule has 0 aromatic heterocycles. The summed E-state index contributed by atoms with van der Waals surface area (Å²) < 4.78 is 29.6. The smallest absolute Gasteiger partial charge is 0.338 e. The number of ether oxygens (including phenoxy) is 5. The molecule has 1 heterocycles. The zero-order valence-corrected chi connectivity index (χ0v) is 22.0. The molecular weight excluding hydrogens is 524 g/mol. The molecule has 4 aromatic carbocycles. The van der Waals surface area contributed by atoms with E-state index in [1.807, 2.05) is 30.3 Å². The highest BCUT2D eigenvalue weighted by molar-refractivity contribution is 5.91. The fraction of sp³-hybridized carbons (Fsp3) is 0.182. The van der Waals surface area contributed by atoms with Crippen LogP contribution in [-0.2, 0) is 30.3 Å². The third-order valence-electron chi connectivity index (χ3n) is 6.41. The molecule has 0 amide bonds. The van der Waals surface area contributed by atoms with E-state index in [9.17, 15) is 14.4 Å². The van der Waals surface area contributed by atoms with Crippen LogP contribution in [0.2, 0.25) is 0 Å². The Bertz CT molecular complexity index is 1430. The van der Waals surface area contributed by atoms with Gasteiger partial charge in [-0.2, -0.15) is 0 Å². The van der Waals surface area contributed by atoms with Gasteiger partial charge in [0.25, 0.3) is 0 Å². The van der Waals surface area contributed by atoms with Crippen molar-refractivity contribution >= 4 is 17.9 Å². The summed E-state index contributed by atoms with van der Waals surface area (Å²) in [5.41, 5.74) is 1.73. The van der Waals surface area contributed by atoms with Crippen LogP contribution in [0.4, 0.5) is 0 Å². The van der Waals surface area contributed by atoms with Crippen molar-refractivity contribution in [2.75, 3.05) is 6.61 Å². The number of rotatable bonds is 9. The van der Waals surface area contributed by atoms with Crippen LogP contribution in [-0.4, -0.2) is 49.1 Å². The Morgan fingerprint density at radius 1 is 0.561 bits per heavy atom. The molecule has 8 heteroatoms. The Balaban J connectivity index is 1.45. The van der Waals surface area contributed by atoms with E-state index >= 15 is 0 Å². The Labute approximate surface area is 237 Å². The number of carbonyl (C=O) groups excluding carboxylic acids is 3. The van der Waals surface area contributed by atoms with Crippen LogP contribution in [0, 0.1) is 0 Å². The number of esters is 3. The number of carbonyl (C=O) groups is 3. The second-order valence-corrected chi connectivity index (χ2v) is 9.28. The molecule has 8 nitrogen and oxygen atoms in total. The van der Waals surface area contributed by atoms with Gasteiger partial charge in [0.15, 0.2) is 24.6 Å². The Kier molecular flexibility index (Phi) is 9.15. The topological polar surface area (TPSA) is 97.4 Å². The van der Waals surface area contributed by atoms with Crippen LogP contribution in [0.15, 0.2) is 121 Å². The maximum absolute atomic E-state index is 13.2. The molecule has 0 radical (unpaired) electrons. The molecular formula is C33H28O8. The van der Waals surface area contributed by atoms with Gasteiger partial charge in [0.1, 0.15) is 0 Å². The zero-order valence-electron chi connectivity index (χ0n) is 22.0. The van der Waals surface area contributed by atoms with Crippen molar-refractivity contribution in [2.24, 2.45) is 0 Å². The van der Waals surface area contributed by atoms with Crippen molar-refractivity contribution in [3.05, 3.63) is 144 Å². The lowest BCUT2D eigenvalue weighted by molar-refractivity contribution is -0.271. The summed E-state index contributed by atoms with van der Waals surface area (Å²) in [4.78, 5) is 39.4. The van der Waals surface area contributed by atoms with E-state index in [0.717, 1.165) is 5.56 Å². The molecule has 208 valence electrons. The first-order valence-electron chi connectivity index (χ1n) is 13.1. The Morgan fingerprint density at radius 3 is 1.46 bits per heavy atom. The molecule has 0 saturated carbocycles. The summed E-state index contributed by atoms with van der Waals surface area (Å²) in [5.74, 6) is -2.00. The van der Waals surface area contributed by atoms with Crippen LogP contribution in [0.3, 0.4) is 0 Å². The van der Waals surface area contributed by atoms with Gasteiger partial charge >= 0.3 is 17.9 Å². The van der Waals surface area contributed by atoms with Gasteiger partial charge in [-0.05, 0) is 42.0 Å². The quantitative estimate of drug-likeness (QED) is 0.206. The summed E-state index contributed by atoms with van der Waals surface area (Å²) in [5, 5.41) is 0. The molecule has 1 saturated heterocycles. The third-order valence-corrected chi connectivity index (χ3v) is 6.41. The van der Waals surface area contributed by atoms with E-state index in [4.69, 9.17) is 23.7 Å². The van der Waals surface area contributed by atoms with Crippen LogP contribution in [0.25, 0.3) is 0 Å². The molecule has 41 heavy (non-hydrogen) atoms. The molecule has 0 aliphatic carbocycles. The van der Waals surface area contributed by atoms with E-state index in [-0.39, 0.29) is 24.3 Å². The first-order chi connectivity index (χ1) is 20.1. The second-order valence-electron chi connectivity index (χ2n) is 9.28. The van der Waals surface area contributed by atoms with Gasteiger partial charge in [-0.3, -0.25) is 0 Å². The van der Waals surface area contributed by atoms with Crippen molar-refractivity contribution in [2.45, 2.75) is 31.2 Å². The predicted octanol–water partition coefficient (Wildman–Crippen LogP) is 5.24. The fourth-order valence-corrected chi connectivity index (χ4v) is 4.32. The van der Waals surface area contributed by atoms with E-state index in [2.05, 4.69) is 0 Å². The number of hydrogen-bond donors (Lipinski definition) is 0. The summed E-state index contributed by atoms with van der Waals surface area (Å²) in [6, 6.07) is 34.5. The molecule has 0 N–H and O–H groups in total. The average Bonchev–Trinajstić information content (AvgIpc) is 3.03. The minimum atomic E-state index is -1.26. The molecule has 1 fully saturated rings. The Hall–Kier alpha value is -4.79. The molecule has 4 unspecified atom stereocenters. The fourth-order valence-electron chi connectivity index (χ4n) is 4.32. The third kappa shape index (κ3) is 7.25. The lowest BCUT2D eigenvalue weighted by Crippen LogP contribution is -2.58. The summed E-state index contributed by atoms with van der Waals surface area (Å²) in [6.07, 6.45) is -4.72. The first-order valence-corrected chi connectivity index (χ1v) is 13.1. The summed E-state index contributed by atoms with van der Waals surface area (Å²) >= 11 is 0. The highest BCUT2D eigenvalue weighted by Gasteiger charge is 2.48. The SMILES string of the molecule is O=C(OC1COC(OCc2ccccc2)C(OC(=O)c2ccccc2)C1OC(=O)c1ccccc1)c1ccccc1. The van der Waals surface area contributed by atoms with Gasteiger partial charge in [0.2, 0.25) is 0 Å². The monoisotopic (exact) mass is 552 g/mol. The van der Waals surface area contributed by atoms with Gasteiger partial charge in [0, 0.05) is 0 Å².